The summed E-state index contributed by atoms with van der Waals surface area (Å²) in [5, 5.41) is 15.3. The van der Waals surface area contributed by atoms with Gasteiger partial charge in [-0.3, -0.25) is 0 Å². The number of aromatic nitrogens is 3. The quantitative estimate of drug-likeness (QED) is 0.807. The van der Waals surface area contributed by atoms with Crippen LogP contribution >= 0.6 is 11.3 Å². The zero-order valence-corrected chi connectivity index (χ0v) is 9.62. The summed E-state index contributed by atoms with van der Waals surface area (Å²) in [6.07, 6.45) is 1.50. The van der Waals surface area contributed by atoms with Gasteiger partial charge in [0, 0.05) is 18.2 Å². The fourth-order valence-electron chi connectivity index (χ4n) is 1.28. The van der Waals surface area contributed by atoms with Crippen LogP contribution in [0.2, 0.25) is 0 Å². The number of nitrogens with zero attached hydrogens (tertiary/aromatic N) is 4. The maximum Gasteiger partial charge on any atom is 0.227 e. The van der Waals surface area contributed by atoms with E-state index in [-0.39, 0.29) is 0 Å². The Morgan fingerprint density at radius 1 is 1.50 bits per heavy atom. The number of hydrogen-bond acceptors (Lipinski definition) is 6. The van der Waals surface area contributed by atoms with Crippen molar-refractivity contribution in [3.8, 4) is 6.07 Å². The van der Waals surface area contributed by atoms with Crippen molar-refractivity contribution in [2.45, 2.75) is 26.2 Å². The van der Waals surface area contributed by atoms with Crippen molar-refractivity contribution in [1.82, 2.24) is 15.1 Å². The summed E-state index contributed by atoms with van der Waals surface area (Å²) in [4.78, 5) is 8.51. The second kappa shape index (κ2) is 4.86. The van der Waals surface area contributed by atoms with Gasteiger partial charge in [0.05, 0.1) is 23.2 Å². The Morgan fingerprint density at radius 3 is 3.06 bits per heavy atom. The summed E-state index contributed by atoms with van der Waals surface area (Å²) >= 11 is 1.60. The van der Waals surface area contributed by atoms with E-state index in [0.29, 0.717) is 31.0 Å². The number of nitriles is 1. The lowest BCUT2D eigenvalue weighted by atomic mass is 10.3. The van der Waals surface area contributed by atoms with Crippen molar-refractivity contribution < 1.29 is 4.52 Å². The maximum atomic E-state index is 8.42. The lowest BCUT2D eigenvalue weighted by molar-refractivity contribution is 0.374. The molecule has 0 aromatic carbocycles. The SMILES string of the molecule is Cc1nc(Cc2noc(CCC#N)n2)cs1. The maximum absolute atomic E-state index is 8.42. The third-order valence-corrected chi connectivity index (χ3v) is 2.79. The van der Waals surface area contributed by atoms with E-state index in [2.05, 4.69) is 15.1 Å². The Balaban J connectivity index is 2.00. The van der Waals surface area contributed by atoms with Gasteiger partial charge in [0.1, 0.15) is 0 Å². The first-order chi connectivity index (χ1) is 7.78. The Labute approximate surface area is 96.8 Å². The van der Waals surface area contributed by atoms with Crippen LogP contribution in [0.1, 0.15) is 28.8 Å². The van der Waals surface area contributed by atoms with Crippen LogP contribution in [0.15, 0.2) is 9.90 Å². The van der Waals surface area contributed by atoms with Crippen LogP contribution in [0.5, 0.6) is 0 Å². The fraction of sp³-hybridized carbons (Fsp3) is 0.400. The summed E-state index contributed by atoms with van der Waals surface area (Å²) in [7, 11) is 0. The van der Waals surface area contributed by atoms with Gasteiger partial charge in [0.25, 0.3) is 0 Å². The zero-order chi connectivity index (χ0) is 11.4. The molecule has 0 aliphatic rings. The molecule has 0 radical (unpaired) electrons. The lowest BCUT2D eigenvalue weighted by Gasteiger charge is -1.87. The second-order valence-corrected chi connectivity index (χ2v) is 4.36. The molecule has 2 aromatic rings. The van der Waals surface area contributed by atoms with Crippen LogP contribution in [-0.4, -0.2) is 15.1 Å². The predicted molar refractivity (Wildman–Crippen MR) is 57.9 cm³/mol. The molecular formula is C10H10N4OS. The largest absolute Gasteiger partial charge is 0.339 e. The highest BCUT2D eigenvalue weighted by molar-refractivity contribution is 7.09. The topological polar surface area (TPSA) is 75.6 Å². The highest BCUT2D eigenvalue weighted by Crippen LogP contribution is 2.11. The van der Waals surface area contributed by atoms with Crippen molar-refractivity contribution in [2.24, 2.45) is 0 Å². The molecule has 0 N–H and O–H groups in total. The first kappa shape index (κ1) is 10.8. The van der Waals surface area contributed by atoms with Crippen LogP contribution in [0.3, 0.4) is 0 Å². The molecule has 2 heterocycles. The minimum absolute atomic E-state index is 0.400. The first-order valence-electron chi connectivity index (χ1n) is 4.87. The molecule has 0 saturated heterocycles. The minimum Gasteiger partial charge on any atom is -0.339 e. The van der Waals surface area contributed by atoms with Gasteiger partial charge in [-0.25, -0.2) is 4.98 Å². The molecule has 0 unspecified atom stereocenters. The van der Waals surface area contributed by atoms with Crippen molar-refractivity contribution in [3.05, 3.63) is 27.8 Å². The highest BCUT2D eigenvalue weighted by atomic mass is 32.1. The number of aryl methyl sites for hydroxylation is 2. The summed E-state index contributed by atoms with van der Waals surface area (Å²) < 4.78 is 5.01. The van der Waals surface area contributed by atoms with E-state index in [4.69, 9.17) is 9.78 Å². The Morgan fingerprint density at radius 2 is 2.38 bits per heavy atom. The molecule has 2 rings (SSSR count). The normalized spacial score (nSPS) is 10.2. The zero-order valence-electron chi connectivity index (χ0n) is 8.80. The third kappa shape index (κ3) is 2.64. The molecular weight excluding hydrogens is 224 g/mol. The first-order valence-corrected chi connectivity index (χ1v) is 5.75. The van der Waals surface area contributed by atoms with Gasteiger partial charge in [-0.15, -0.1) is 11.3 Å². The highest BCUT2D eigenvalue weighted by Gasteiger charge is 2.08. The van der Waals surface area contributed by atoms with E-state index in [9.17, 15) is 0 Å². The fourth-order valence-corrected chi connectivity index (χ4v) is 1.89. The standard InChI is InChI=1S/C10H10N4OS/c1-7-12-8(6-16-7)5-9-13-10(15-14-9)3-2-4-11/h6H,2-3,5H2,1H3. The van der Waals surface area contributed by atoms with Crippen LogP contribution < -0.4 is 0 Å². The smallest absolute Gasteiger partial charge is 0.227 e. The van der Waals surface area contributed by atoms with E-state index >= 15 is 0 Å². The van der Waals surface area contributed by atoms with Gasteiger partial charge in [-0.05, 0) is 6.92 Å². The van der Waals surface area contributed by atoms with Crippen LogP contribution in [0.25, 0.3) is 0 Å². The molecule has 0 amide bonds. The van der Waals surface area contributed by atoms with Gasteiger partial charge in [-0.2, -0.15) is 10.2 Å². The average Bonchev–Trinajstić information content (AvgIpc) is 2.86. The van der Waals surface area contributed by atoms with Crippen molar-refractivity contribution >= 4 is 11.3 Å². The lowest BCUT2D eigenvalue weighted by Crippen LogP contribution is -1.92. The predicted octanol–water partition coefficient (Wildman–Crippen LogP) is 1.88. The van der Waals surface area contributed by atoms with Gasteiger partial charge in [-0.1, -0.05) is 5.16 Å². The molecule has 16 heavy (non-hydrogen) atoms. The van der Waals surface area contributed by atoms with E-state index < -0.39 is 0 Å². The average molecular weight is 234 g/mol. The molecule has 0 fully saturated rings. The number of hydrogen-bond donors (Lipinski definition) is 0. The van der Waals surface area contributed by atoms with Crippen molar-refractivity contribution in [2.75, 3.05) is 0 Å². The van der Waals surface area contributed by atoms with E-state index in [1.165, 1.54) is 0 Å². The van der Waals surface area contributed by atoms with Crippen molar-refractivity contribution in [1.29, 1.82) is 5.26 Å². The second-order valence-electron chi connectivity index (χ2n) is 3.30. The van der Waals surface area contributed by atoms with Gasteiger partial charge < -0.3 is 4.52 Å². The molecule has 0 saturated carbocycles. The van der Waals surface area contributed by atoms with E-state index in [1.807, 2.05) is 18.4 Å². The minimum atomic E-state index is 0.400. The Bertz CT molecular complexity index is 511. The van der Waals surface area contributed by atoms with E-state index in [0.717, 1.165) is 10.7 Å². The Hall–Kier alpha value is -1.74. The summed E-state index contributed by atoms with van der Waals surface area (Å²) in [5.74, 6) is 1.14. The molecule has 82 valence electrons. The molecule has 0 bridgehead atoms. The molecule has 5 nitrogen and oxygen atoms in total. The van der Waals surface area contributed by atoms with E-state index in [1.54, 1.807) is 11.3 Å². The molecule has 6 heteroatoms. The van der Waals surface area contributed by atoms with Crippen LogP contribution in [0, 0.1) is 18.3 Å². The van der Waals surface area contributed by atoms with Crippen molar-refractivity contribution in [3.63, 3.8) is 0 Å². The number of rotatable bonds is 4. The van der Waals surface area contributed by atoms with Gasteiger partial charge >= 0.3 is 0 Å². The third-order valence-electron chi connectivity index (χ3n) is 1.97. The Kier molecular flexibility index (Phi) is 3.27. The molecule has 0 atom stereocenters. The molecule has 0 aliphatic heterocycles. The molecule has 0 spiro atoms. The molecule has 2 aromatic heterocycles. The molecule has 0 aliphatic carbocycles. The summed E-state index contributed by atoms with van der Waals surface area (Å²) in [5.41, 5.74) is 0.954. The number of thiazole rings is 1. The van der Waals surface area contributed by atoms with Gasteiger partial charge in [0.2, 0.25) is 5.89 Å². The van der Waals surface area contributed by atoms with Gasteiger partial charge in [0.15, 0.2) is 5.82 Å². The monoisotopic (exact) mass is 234 g/mol. The van der Waals surface area contributed by atoms with Crippen LogP contribution in [0.4, 0.5) is 0 Å². The summed E-state index contributed by atoms with van der Waals surface area (Å²) in [6, 6.07) is 2.04. The summed E-state index contributed by atoms with van der Waals surface area (Å²) in [6.45, 7) is 1.96. The van der Waals surface area contributed by atoms with Crippen LogP contribution in [-0.2, 0) is 12.8 Å².